The highest BCUT2D eigenvalue weighted by Gasteiger charge is 2.32. The van der Waals surface area contributed by atoms with E-state index in [4.69, 9.17) is 11.6 Å². The second-order valence-electron chi connectivity index (χ2n) is 8.11. The number of halogens is 1. The van der Waals surface area contributed by atoms with Crippen LogP contribution in [-0.2, 0) is 20.6 Å². The van der Waals surface area contributed by atoms with Crippen molar-refractivity contribution in [1.82, 2.24) is 9.62 Å². The third-order valence-electron chi connectivity index (χ3n) is 5.77. The van der Waals surface area contributed by atoms with Crippen LogP contribution in [0.1, 0.15) is 48.1 Å². The zero-order chi connectivity index (χ0) is 21.9. The molecule has 1 unspecified atom stereocenters. The molecule has 1 saturated heterocycles. The first kappa shape index (κ1) is 22.8. The number of benzene rings is 2. The average molecular weight is 449 g/mol. The van der Waals surface area contributed by atoms with Gasteiger partial charge in [-0.25, -0.2) is 12.7 Å². The van der Waals surface area contributed by atoms with Crippen molar-refractivity contribution in [3.63, 3.8) is 0 Å². The molecular formula is C23H29ClN2O3S. The Labute approximate surface area is 184 Å². The van der Waals surface area contributed by atoms with E-state index >= 15 is 0 Å². The maximum absolute atomic E-state index is 12.8. The van der Waals surface area contributed by atoms with Gasteiger partial charge in [-0.2, -0.15) is 0 Å². The molecule has 1 heterocycles. The fourth-order valence-corrected chi connectivity index (χ4v) is 5.81. The zero-order valence-corrected chi connectivity index (χ0v) is 19.3. The summed E-state index contributed by atoms with van der Waals surface area (Å²) in [6.45, 7) is 6.77. The number of rotatable bonds is 6. The summed E-state index contributed by atoms with van der Waals surface area (Å²) in [5, 5.41) is 3.56. The van der Waals surface area contributed by atoms with Crippen LogP contribution in [0, 0.1) is 19.8 Å². The number of nitrogens with one attached hydrogen (secondary N) is 1. The first-order valence-electron chi connectivity index (χ1n) is 10.3. The van der Waals surface area contributed by atoms with Crippen LogP contribution in [0.25, 0.3) is 0 Å². The molecule has 0 aromatic heterocycles. The number of amides is 1. The third kappa shape index (κ3) is 5.42. The van der Waals surface area contributed by atoms with Gasteiger partial charge in [0.1, 0.15) is 0 Å². The van der Waals surface area contributed by atoms with Gasteiger partial charge in [-0.3, -0.25) is 4.79 Å². The Balaban J connectivity index is 1.57. The van der Waals surface area contributed by atoms with E-state index in [1.54, 1.807) is 24.3 Å². The van der Waals surface area contributed by atoms with Gasteiger partial charge in [0.25, 0.3) is 0 Å². The van der Waals surface area contributed by atoms with Crippen molar-refractivity contribution < 1.29 is 13.2 Å². The molecular weight excluding hydrogens is 420 g/mol. The minimum atomic E-state index is -3.47. The van der Waals surface area contributed by atoms with Gasteiger partial charge in [0.2, 0.25) is 15.9 Å². The summed E-state index contributed by atoms with van der Waals surface area (Å²) < 4.78 is 27.0. The van der Waals surface area contributed by atoms with Crippen LogP contribution in [-0.4, -0.2) is 31.7 Å². The molecule has 0 saturated carbocycles. The number of hydrogen-bond acceptors (Lipinski definition) is 3. The number of carbonyl (C=O) groups excluding carboxylic acids is 1. The maximum atomic E-state index is 12.8. The molecule has 1 fully saturated rings. The highest BCUT2D eigenvalue weighted by molar-refractivity contribution is 7.88. The molecule has 0 spiro atoms. The summed E-state index contributed by atoms with van der Waals surface area (Å²) >= 11 is 6.12. The second-order valence-corrected chi connectivity index (χ2v) is 10.5. The lowest BCUT2D eigenvalue weighted by atomic mass is 9.95. The molecule has 0 radical (unpaired) electrons. The molecule has 1 aliphatic rings. The quantitative estimate of drug-likeness (QED) is 0.713. The van der Waals surface area contributed by atoms with E-state index in [9.17, 15) is 13.2 Å². The minimum absolute atomic E-state index is 0.00782. The standard InChI is InChI=1S/C23H29ClN2O3S/c1-16-8-9-17(2)21(14-16)18(3)25-23(27)19-10-12-26(13-11-19)30(28,29)15-20-6-4-5-7-22(20)24/h4-9,14,18-19H,10-13,15H2,1-3H3,(H,25,27). The molecule has 162 valence electrons. The first-order chi connectivity index (χ1) is 14.2. The zero-order valence-electron chi connectivity index (χ0n) is 17.7. The summed E-state index contributed by atoms with van der Waals surface area (Å²) in [7, 11) is -3.47. The Morgan fingerprint density at radius 3 is 2.50 bits per heavy atom. The summed E-state index contributed by atoms with van der Waals surface area (Å²) in [4.78, 5) is 12.8. The van der Waals surface area contributed by atoms with E-state index in [-0.39, 0.29) is 23.6 Å². The average Bonchev–Trinajstić information content (AvgIpc) is 2.71. The number of sulfonamides is 1. The van der Waals surface area contributed by atoms with Crippen molar-refractivity contribution in [2.45, 2.75) is 45.4 Å². The van der Waals surface area contributed by atoms with E-state index in [0.717, 1.165) is 16.7 Å². The SMILES string of the molecule is Cc1ccc(C)c(C(C)NC(=O)C2CCN(S(=O)(=O)Cc3ccccc3Cl)CC2)c1. The summed E-state index contributed by atoms with van der Waals surface area (Å²) in [5.74, 6) is -0.302. The molecule has 0 aliphatic carbocycles. The molecule has 2 aromatic carbocycles. The Hall–Kier alpha value is -1.89. The molecule has 30 heavy (non-hydrogen) atoms. The van der Waals surface area contributed by atoms with Crippen molar-refractivity contribution in [3.05, 3.63) is 69.7 Å². The van der Waals surface area contributed by atoms with Crippen LogP contribution in [0.4, 0.5) is 0 Å². The number of hydrogen-bond donors (Lipinski definition) is 1. The number of nitrogens with zero attached hydrogens (tertiary/aromatic N) is 1. The lowest BCUT2D eigenvalue weighted by Gasteiger charge is -2.31. The summed E-state index contributed by atoms with van der Waals surface area (Å²) in [6, 6.07) is 13.1. The van der Waals surface area contributed by atoms with Crippen molar-refractivity contribution in [2.24, 2.45) is 5.92 Å². The number of carbonyl (C=O) groups is 1. The second kappa shape index (κ2) is 9.50. The smallest absolute Gasteiger partial charge is 0.223 e. The predicted molar refractivity (Wildman–Crippen MR) is 121 cm³/mol. The minimum Gasteiger partial charge on any atom is -0.349 e. The van der Waals surface area contributed by atoms with Gasteiger partial charge in [0.15, 0.2) is 0 Å². The lowest BCUT2D eigenvalue weighted by molar-refractivity contribution is -0.126. The normalized spacial score (nSPS) is 16.9. The molecule has 3 rings (SSSR count). The molecule has 5 nitrogen and oxygen atoms in total. The Bertz CT molecular complexity index is 1010. The van der Waals surface area contributed by atoms with Gasteiger partial charge in [-0.05, 0) is 56.4 Å². The van der Waals surface area contributed by atoms with Crippen LogP contribution >= 0.6 is 11.6 Å². The number of aryl methyl sites for hydroxylation is 2. The van der Waals surface area contributed by atoms with Crippen molar-refractivity contribution in [3.8, 4) is 0 Å². The van der Waals surface area contributed by atoms with Crippen LogP contribution < -0.4 is 5.32 Å². The largest absolute Gasteiger partial charge is 0.349 e. The Morgan fingerprint density at radius 1 is 1.17 bits per heavy atom. The highest BCUT2D eigenvalue weighted by atomic mass is 35.5. The molecule has 7 heteroatoms. The van der Waals surface area contributed by atoms with Gasteiger partial charge >= 0.3 is 0 Å². The third-order valence-corrected chi connectivity index (χ3v) is 7.97. The van der Waals surface area contributed by atoms with Gasteiger partial charge in [0.05, 0.1) is 11.8 Å². The van der Waals surface area contributed by atoms with Crippen molar-refractivity contribution in [1.29, 1.82) is 0 Å². The van der Waals surface area contributed by atoms with Crippen LogP contribution in [0.3, 0.4) is 0 Å². The fraction of sp³-hybridized carbons (Fsp3) is 0.435. The van der Waals surface area contributed by atoms with Gasteiger partial charge < -0.3 is 5.32 Å². The Kier molecular flexibility index (Phi) is 7.22. The summed E-state index contributed by atoms with van der Waals surface area (Å²) in [6.07, 6.45) is 1.04. The van der Waals surface area contributed by atoms with E-state index in [1.165, 1.54) is 4.31 Å². The predicted octanol–water partition coefficient (Wildman–Crippen LogP) is 4.38. The molecule has 1 aliphatic heterocycles. The molecule has 1 amide bonds. The van der Waals surface area contributed by atoms with E-state index in [2.05, 4.69) is 23.5 Å². The maximum Gasteiger partial charge on any atom is 0.223 e. The Morgan fingerprint density at radius 2 is 1.83 bits per heavy atom. The highest BCUT2D eigenvalue weighted by Crippen LogP contribution is 2.25. The number of piperidine rings is 1. The summed E-state index contributed by atoms with van der Waals surface area (Å²) in [5.41, 5.74) is 4.02. The monoisotopic (exact) mass is 448 g/mol. The van der Waals surface area contributed by atoms with E-state index in [1.807, 2.05) is 20.8 Å². The van der Waals surface area contributed by atoms with Crippen LogP contribution in [0.5, 0.6) is 0 Å². The lowest BCUT2D eigenvalue weighted by Crippen LogP contribution is -2.43. The van der Waals surface area contributed by atoms with Gasteiger partial charge in [-0.1, -0.05) is 53.6 Å². The van der Waals surface area contributed by atoms with Crippen LogP contribution in [0.15, 0.2) is 42.5 Å². The van der Waals surface area contributed by atoms with E-state index < -0.39 is 10.0 Å². The van der Waals surface area contributed by atoms with Crippen molar-refractivity contribution in [2.75, 3.05) is 13.1 Å². The van der Waals surface area contributed by atoms with E-state index in [0.29, 0.717) is 36.5 Å². The fourth-order valence-electron chi connectivity index (χ4n) is 3.93. The molecule has 2 aromatic rings. The van der Waals surface area contributed by atoms with Gasteiger partial charge in [0, 0.05) is 24.0 Å². The first-order valence-corrected chi connectivity index (χ1v) is 12.2. The molecule has 0 bridgehead atoms. The van der Waals surface area contributed by atoms with Gasteiger partial charge in [-0.15, -0.1) is 0 Å². The van der Waals surface area contributed by atoms with Crippen molar-refractivity contribution >= 4 is 27.5 Å². The molecule has 1 N–H and O–H groups in total. The topological polar surface area (TPSA) is 66.5 Å². The van der Waals surface area contributed by atoms with Crippen LogP contribution in [0.2, 0.25) is 5.02 Å². The molecule has 1 atom stereocenters.